The standard InChI is InChI=1S/C11H16N2O3/c14-8-4-13(5-9(8)15)6-11-12-3-10(16-11)7-1-2-7/h3,7-9,14-15H,1-2,4-6H2. The maximum atomic E-state index is 9.41. The Balaban J connectivity index is 1.61. The van der Waals surface area contributed by atoms with Gasteiger partial charge in [0.15, 0.2) is 0 Å². The number of likely N-dealkylation sites (tertiary alicyclic amines) is 1. The smallest absolute Gasteiger partial charge is 0.208 e. The molecule has 2 atom stereocenters. The molecular formula is C11H16N2O3. The zero-order valence-corrected chi connectivity index (χ0v) is 9.04. The van der Waals surface area contributed by atoms with Crippen molar-refractivity contribution < 1.29 is 14.6 Å². The third-order valence-electron chi connectivity index (χ3n) is 3.24. The molecule has 3 rings (SSSR count). The summed E-state index contributed by atoms with van der Waals surface area (Å²) in [6.07, 6.45) is 2.93. The number of nitrogens with zero attached hydrogens (tertiary/aromatic N) is 2. The van der Waals surface area contributed by atoms with Gasteiger partial charge in [0.2, 0.25) is 5.89 Å². The third-order valence-corrected chi connectivity index (χ3v) is 3.24. The second-order valence-electron chi connectivity index (χ2n) is 4.76. The minimum Gasteiger partial charge on any atom is -0.444 e. The molecule has 0 amide bonds. The van der Waals surface area contributed by atoms with Crippen LogP contribution in [0.1, 0.15) is 30.4 Å². The van der Waals surface area contributed by atoms with Crippen molar-refractivity contribution in [2.45, 2.75) is 37.5 Å². The summed E-state index contributed by atoms with van der Waals surface area (Å²) in [5.41, 5.74) is 0. The Kier molecular flexibility index (Phi) is 2.46. The summed E-state index contributed by atoms with van der Waals surface area (Å²) in [4.78, 5) is 6.18. The van der Waals surface area contributed by atoms with E-state index in [1.807, 2.05) is 4.90 Å². The van der Waals surface area contributed by atoms with Gasteiger partial charge in [-0.1, -0.05) is 0 Å². The van der Waals surface area contributed by atoms with Crippen molar-refractivity contribution in [3.8, 4) is 0 Å². The zero-order chi connectivity index (χ0) is 11.1. The van der Waals surface area contributed by atoms with Crippen LogP contribution in [0.3, 0.4) is 0 Å². The van der Waals surface area contributed by atoms with Gasteiger partial charge >= 0.3 is 0 Å². The van der Waals surface area contributed by atoms with Crippen LogP contribution in [0.4, 0.5) is 0 Å². The van der Waals surface area contributed by atoms with Gasteiger partial charge in [-0.3, -0.25) is 4.90 Å². The molecule has 2 unspecified atom stereocenters. The van der Waals surface area contributed by atoms with E-state index in [0.717, 1.165) is 5.76 Å². The summed E-state index contributed by atoms with van der Waals surface area (Å²) in [6, 6.07) is 0. The number of hydrogen-bond acceptors (Lipinski definition) is 5. The summed E-state index contributed by atoms with van der Waals surface area (Å²) in [7, 11) is 0. The lowest BCUT2D eigenvalue weighted by Crippen LogP contribution is -2.22. The van der Waals surface area contributed by atoms with Crippen LogP contribution in [0.15, 0.2) is 10.6 Å². The van der Waals surface area contributed by atoms with Crippen LogP contribution < -0.4 is 0 Å². The first kappa shape index (κ1) is 10.3. The monoisotopic (exact) mass is 224 g/mol. The average Bonchev–Trinajstić information content (AvgIpc) is 2.92. The highest BCUT2D eigenvalue weighted by Crippen LogP contribution is 2.40. The second kappa shape index (κ2) is 3.84. The Morgan fingerprint density at radius 3 is 2.62 bits per heavy atom. The Morgan fingerprint density at radius 2 is 2.00 bits per heavy atom. The molecule has 1 aromatic rings. The van der Waals surface area contributed by atoms with Crippen molar-refractivity contribution in [3.05, 3.63) is 17.8 Å². The van der Waals surface area contributed by atoms with E-state index in [1.54, 1.807) is 6.20 Å². The normalized spacial score (nSPS) is 31.1. The lowest BCUT2D eigenvalue weighted by atomic mass is 10.3. The van der Waals surface area contributed by atoms with Gasteiger partial charge in [-0.2, -0.15) is 0 Å². The minimum absolute atomic E-state index is 0.488. The highest BCUT2D eigenvalue weighted by Gasteiger charge is 2.31. The fourth-order valence-corrected chi connectivity index (χ4v) is 2.12. The number of oxazole rings is 1. The van der Waals surface area contributed by atoms with E-state index >= 15 is 0 Å². The van der Waals surface area contributed by atoms with Crippen molar-refractivity contribution in [2.24, 2.45) is 0 Å². The molecule has 88 valence electrons. The van der Waals surface area contributed by atoms with Crippen LogP contribution in [0.25, 0.3) is 0 Å². The van der Waals surface area contributed by atoms with Gasteiger partial charge in [-0.25, -0.2) is 4.98 Å². The molecule has 0 radical (unpaired) electrons. The third kappa shape index (κ3) is 1.98. The first-order valence-corrected chi connectivity index (χ1v) is 5.75. The van der Waals surface area contributed by atoms with Crippen LogP contribution in [0.2, 0.25) is 0 Å². The van der Waals surface area contributed by atoms with Crippen molar-refractivity contribution in [2.75, 3.05) is 13.1 Å². The number of hydrogen-bond donors (Lipinski definition) is 2. The van der Waals surface area contributed by atoms with Gasteiger partial charge in [0.25, 0.3) is 0 Å². The average molecular weight is 224 g/mol. The highest BCUT2D eigenvalue weighted by molar-refractivity contribution is 5.08. The van der Waals surface area contributed by atoms with Crippen LogP contribution in [0.5, 0.6) is 0 Å². The highest BCUT2D eigenvalue weighted by atomic mass is 16.4. The maximum absolute atomic E-state index is 9.41. The summed E-state index contributed by atoms with van der Waals surface area (Å²) < 4.78 is 5.62. The van der Waals surface area contributed by atoms with E-state index in [2.05, 4.69) is 4.98 Å². The molecule has 1 aromatic heterocycles. The second-order valence-corrected chi connectivity index (χ2v) is 4.76. The number of rotatable bonds is 3. The first-order valence-electron chi connectivity index (χ1n) is 5.75. The molecule has 16 heavy (non-hydrogen) atoms. The SMILES string of the molecule is OC1CN(Cc2ncc(C3CC3)o2)CC1O. The zero-order valence-electron chi connectivity index (χ0n) is 9.04. The quantitative estimate of drug-likeness (QED) is 0.761. The summed E-state index contributed by atoms with van der Waals surface area (Å²) in [5, 5.41) is 18.8. The molecule has 1 aliphatic carbocycles. The van der Waals surface area contributed by atoms with Crippen molar-refractivity contribution >= 4 is 0 Å². The number of aromatic nitrogens is 1. The molecule has 2 N–H and O–H groups in total. The summed E-state index contributed by atoms with van der Waals surface area (Å²) in [5.74, 6) is 2.24. The Bertz CT molecular complexity index is 365. The minimum atomic E-state index is -0.641. The van der Waals surface area contributed by atoms with Gasteiger partial charge in [0.05, 0.1) is 24.9 Å². The largest absolute Gasteiger partial charge is 0.444 e. The fourth-order valence-electron chi connectivity index (χ4n) is 2.12. The summed E-state index contributed by atoms with van der Waals surface area (Å²) in [6.45, 7) is 1.55. The number of β-amino-alcohol motifs (C(OH)–C–C–N with tert-alkyl or cyclic N) is 2. The van der Waals surface area contributed by atoms with E-state index in [0.29, 0.717) is 31.4 Å². The lowest BCUT2D eigenvalue weighted by Gasteiger charge is -2.11. The lowest BCUT2D eigenvalue weighted by molar-refractivity contribution is 0.0572. The first-order chi connectivity index (χ1) is 7.72. The van der Waals surface area contributed by atoms with Gasteiger partial charge < -0.3 is 14.6 Å². The van der Waals surface area contributed by atoms with E-state index < -0.39 is 12.2 Å². The molecule has 0 bridgehead atoms. The van der Waals surface area contributed by atoms with Crippen molar-refractivity contribution in [1.82, 2.24) is 9.88 Å². The van der Waals surface area contributed by atoms with Crippen LogP contribution in [-0.4, -0.2) is 45.4 Å². The van der Waals surface area contributed by atoms with E-state index in [4.69, 9.17) is 4.42 Å². The topological polar surface area (TPSA) is 69.7 Å². The summed E-state index contributed by atoms with van der Waals surface area (Å²) >= 11 is 0. The molecule has 1 saturated heterocycles. The van der Waals surface area contributed by atoms with Crippen LogP contribution in [-0.2, 0) is 6.54 Å². The molecule has 2 fully saturated rings. The fraction of sp³-hybridized carbons (Fsp3) is 0.727. The Morgan fingerprint density at radius 1 is 1.31 bits per heavy atom. The molecule has 1 aliphatic heterocycles. The predicted molar refractivity (Wildman–Crippen MR) is 55.8 cm³/mol. The van der Waals surface area contributed by atoms with Gasteiger partial charge in [-0.05, 0) is 12.8 Å². The molecule has 0 aromatic carbocycles. The van der Waals surface area contributed by atoms with E-state index in [1.165, 1.54) is 12.8 Å². The Hall–Kier alpha value is -0.910. The predicted octanol–water partition coefficient (Wildman–Crippen LogP) is 0.0894. The van der Waals surface area contributed by atoms with E-state index in [9.17, 15) is 10.2 Å². The van der Waals surface area contributed by atoms with Gasteiger partial charge in [-0.15, -0.1) is 0 Å². The maximum Gasteiger partial charge on any atom is 0.208 e. The molecule has 0 spiro atoms. The number of aliphatic hydroxyl groups excluding tert-OH is 2. The number of aliphatic hydroxyl groups is 2. The molecule has 5 nitrogen and oxygen atoms in total. The molecule has 5 heteroatoms. The van der Waals surface area contributed by atoms with Gasteiger partial charge in [0, 0.05) is 19.0 Å². The van der Waals surface area contributed by atoms with Crippen molar-refractivity contribution in [3.63, 3.8) is 0 Å². The molecule has 2 heterocycles. The van der Waals surface area contributed by atoms with E-state index in [-0.39, 0.29) is 0 Å². The Labute approximate surface area is 93.7 Å². The molecule has 2 aliphatic rings. The molecular weight excluding hydrogens is 208 g/mol. The van der Waals surface area contributed by atoms with Crippen LogP contribution in [0, 0.1) is 0 Å². The molecule has 1 saturated carbocycles. The van der Waals surface area contributed by atoms with Crippen molar-refractivity contribution in [1.29, 1.82) is 0 Å². The van der Waals surface area contributed by atoms with Gasteiger partial charge in [0.1, 0.15) is 5.76 Å². The van der Waals surface area contributed by atoms with Crippen LogP contribution >= 0.6 is 0 Å².